The second kappa shape index (κ2) is 6.95. The molecule has 0 spiro atoms. The van der Waals surface area contributed by atoms with E-state index in [1.807, 2.05) is 23.1 Å². The third-order valence-corrected chi connectivity index (χ3v) is 4.05. The van der Waals surface area contributed by atoms with Crippen LogP contribution in [0, 0.1) is 5.92 Å². The largest absolute Gasteiger partial charge is 0.491 e. The Bertz CT molecular complexity index is 466. The molecule has 0 aliphatic carbocycles. The van der Waals surface area contributed by atoms with E-state index in [0.29, 0.717) is 36.3 Å². The smallest absolute Gasteiger partial charge is 0.320 e. The van der Waals surface area contributed by atoms with E-state index in [2.05, 4.69) is 6.92 Å². The first-order valence-corrected chi connectivity index (χ1v) is 7.30. The molecule has 4 nitrogen and oxygen atoms in total. The lowest BCUT2D eigenvalue weighted by molar-refractivity contribution is -0.145. The number of para-hydroxylation sites is 1. The summed E-state index contributed by atoms with van der Waals surface area (Å²) >= 11 is 6.01. The molecule has 1 aromatic carbocycles. The van der Waals surface area contributed by atoms with E-state index in [4.69, 9.17) is 16.3 Å². The van der Waals surface area contributed by atoms with Gasteiger partial charge in [0.25, 0.3) is 0 Å². The summed E-state index contributed by atoms with van der Waals surface area (Å²) in [5.41, 5.74) is 0. The highest BCUT2D eigenvalue weighted by Gasteiger charge is 2.31. The summed E-state index contributed by atoms with van der Waals surface area (Å²) in [7, 11) is 0. The number of hydrogen-bond donors (Lipinski definition) is 1. The topological polar surface area (TPSA) is 49.8 Å². The summed E-state index contributed by atoms with van der Waals surface area (Å²) in [5.74, 6) is 0.373. The fourth-order valence-corrected chi connectivity index (χ4v) is 2.74. The van der Waals surface area contributed by atoms with Crippen molar-refractivity contribution in [1.82, 2.24) is 4.90 Å². The standard InChI is InChI=1S/C15H20ClNO3/c1-11-6-7-17(13(10-11)15(18)19)8-9-20-14-5-3-2-4-12(14)16/h2-5,11,13H,6-10H2,1H3,(H,18,19). The molecule has 20 heavy (non-hydrogen) atoms. The van der Waals surface area contributed by atoms with Crippen LogP contribution in [0.5, 0.6) is 5.75 Å². The van der Waals surface area contributed by atoms with Crippen molar-refractivity contribution in [2.75, 3.05) is 19.7 Å². The highest BCUT2D eigenvalue weighted by molar-refractivity contribution is 6.32. The Labute approximate surface area is 124 Å². The van der Waals surface area contributed by atoms with Gasteiger partial charge in [0.15, 0.2) is 0 Å². The van der Waals surface area contributed by atoms with Crippen LogP contribution in [0.25, 0.3) is 0 Å². The fraction of sp³-hybridized carbons (Fsp3) is 0.533. The van der Waals surface area contributed by atoms with Crippen LogP contribution < -0.4 is 4.74 Å². The minimum Gasteiger partial charge on any atom is -0.491 e. The molecule has 0 amide bonds. The fourth-order valence-electron chi connectivity index (χ4n) is 2.55. The highest BCUT2D eigenvalue weighted by Crippen LogP contribution is 2.24. The molecule has 0 aromatic heterocycles. The van der Waals surface area contributed by atoms with Gasteiger partial charge in [-0.25, -0.2) is 0 Å². The van der Waals surface area contributed by atoms with Gasteiger partial charge in [0, 0.05) is 6.54 Å². The number of ether oxygens (including phenoxy) is 1. The quantitative estimate of drug-likeness (QED) is 0.908. The van der Waals surface area contributed by atoms with Crippen molar-refractivity contribution >= 4 is 17.6 Å². The van der Waals surface area contributed by atoms with Crippen molar-refractivity contribution in [3.8, 4) is 5.75 Å². The number of likely N-dealkylation sites (tertiary alicyclic amines) is 1. The van der Waals surface area contributed by atoms with Gasteiger partial charge >= 0.3 is 5.97 Å². The van der Waals surface area contributed by atoms with Crippen LogP contribution in [-0.2, 0) is 4.79 Å². The molecule has 1 heterocycles. The van der Waals surface area contributed by atoms with Gasteiger partial charge in [-0.2, -0.15) is 0 Å². The SMILES string of the molecule is CC1CCN(CCOc2ccccc2Cl)C(C(=O)O)C1. The Hall–Kier alpha value is -1.26. The summed E-state index contributed by atoms with van der Waals surface area (Å²) in [5, 5.41) is 9.86. The van der Waals surface area contributed by atoms with Crippen molar-refractivity contribution < 1.29 is 14.6 Å². The average Bonchev–Trinajstić information content (AvgIpc) is 2.42. The summed E-state index contributed by atoms with van der Waals surface area (Å²) in [6.45, 7) is 3.97. The van der Waals surface area contributed by atoms with E-state index in [1.54, 1.807) is 6.07 Å². The van der Waals surface area contributed by atoms with Crippen molar-refractivity contribution in [3.63, 3.8) is 0 Å². The number of carboxylic acids is 1. The highest BCUT2D eigenvalue weighted by atomic mass is 35.5. The van der Waals surface area contributed by atoms with Gasteiger partial charge in [0.2, 0.25) is 0 Å². The van der Waals surface area contributed by atoms with Gasteiger partial charge in [-0.15, -0.1) is 0 Å². The molecule has 5 heteroatoms. The number of carboxylic acid groups (broad SMARTS) is 1. The van der Waals surface area contributed by atoms with Crippen LogP contribution in [0.2, 0.25) is 5.02 Å². The molecule has 0 saturated carbocycles. The molecule has 2 rings (SSSR count). The van der Waals surface area contributed by atoms with Crippen molar-refractivity contribution in [1.29, 1.82) is 0 Å². The maximum atomic E-state index is 11.3. The van der Waals surface area contributed by atoms with Gasteiger partial charge in [-0.1, -0.05) is 30.7 Å². The minimum atomic E-state index is -0.741. The Kier molecular flexibility index (Phi) is 5.26. The molecule has 110 valence electrons. The molecule has 0 bridgehead atoms. The zero-order chi connectivity index (χ0) is 14.5. The van der Waals surface area contributed by atoms with Crippen LogP contribution in [-0.4, -0.2) is 41.7 Å². The molecule has 1 N–H and O–H groups in total. The Morgan fingerprint density at radius 2 is 2.25 bits per heavy atom. The van der Waals surface area contributed by atoms with E-state index < -0.39 is 12.0 Å². The molecule has 2 atom stereocenters. The number of halogens is 1. The monoisotopic (exact) mass is 297 g/mol. The lowest BCUT2D eigenvalue weighted by atomic mass is 9.92. The number of carbonyl (C=O) groups is 1. The van der Waals surface area contributed by atoms with E-state index in [0.717, 1.165) is 13.0 Å². The lowest BCUT2D eigenvalue weighted by Crippen LogP contribution is -2.48. The molecule has 1 aliphatic rings. The van der Waals surface area contributed by atoms with Gasteiger partial charge in [-0.3, -0.25) is 9.69 Å². The summed E-state index contributed by atoms with van der Waals surface area (Å²) in [4.78, 5) is 13.3. The van der Waals surface area contributed by atoms with Gasteiger partial charge in [0.05, 0.1) is 5.02 Å². The third kappa shape index (κ3) is 3.87. The van der Waals surface area contributed by atoms with Crippen molar-refractivity contribution in [2.45, 2.75) is 25.8 Å². The van der Waals surface area contributed by atoms with Crippen LogP contribution >= 0.6 is 11.6 Å². The van der Waals surface area contributed by atoms with Crippen molar-refractivity contribution in [3.05, 3.63) is 29.3 Å². The summed E-state index contributed by atoms with van der Waals surface area (Å²) < 4.78 is 5.63. The number of rotatable bonds is 5. The number of nitrogens with zero attached hydrogens (tertiary/aromatic N) is 1. The summed E-state index contributed by atoms with van der Waals surface area (Å²) in [6, 6.07) is 6.91. The first-order valence-electron chi connectivity index (χ1n) is 6.92. The molecular formula is C15H20ClNO3. The average molecular weight is 298 g/mol. The number of piperidine rings is 1. The van der Waals surface area contributed by atoms with Crippen molar-refractivity contribution in [2.24, 2.45) is 5.92 Å². The normalized spacial score (nSPS) is 23.5. The molecule has 2 unspecified atom stereocenters. The molecule has 0 radical (unpaired) electrons. The first-order chi connectivity index (χ1) is 9.58. The zero-order valence-electron chi connectivity index (χ0n) is 11.6. The predicted molar refractivity (Wildman–Crippen MR) is 78.3 cm³/mol. The van der Waals surface area contributed by atoms with Crippen LogP contribution in [0.15, 0.2) is 24.3 Å². The van der Waals surface area contributed by atoms with Gasteiger partial charge < -0.3 is 9.84 Å². The van der Waals surface area contributed by atoms with E-state index in [1.165, 1.54) is 0 Å². The first kappa shape index (κ1) is 15.1. The van der Waals surface area contributed by atoms with Gasteiger partial charge in [-0.05, 0) is 37.4 Å². The van der Waals surface area contributed by atoms with Crippen LogP contribution in [0.1, 0.15) is 19.8 Å². The number of benzene rings is 1. The Morgan fingerprint density at radius 3 is 2.95 bits per heavy atom. The van der Waals surface area contributed by atoms with Crippen LogP contribution in [0.4, 0.5) is 0 Å². The summed E-state index contributed by atoms with van der Waals surface area (Å²) in [6.07, 6.45) is 1.75. The second-order valence-electron chi connectivity index (χ2n) is 5.30. The molecule has 1 fully saturated rings. The third-order valence-electron chi connectivity index (χ3n) is 3.73. The molecule has 1 aliphatic heterocycles. The van der Waals surface area contributed by atoms with Gasteiger partial charge in [0.1, 0.15) is 18.4 Å². The number of aliphatic carboxylic acids is 1. The molecular weight excluding hydrogens is 278 g/mol. The predicted octanol–water partition coefficient (Wildman–Crippen LogP) is 2.90. The lowest BCUT2D eigenvalue weighted by Gasteiger charge is -2.35. The van der Waals surface area contributed by atoms with E-state index in [-0.39, 0.29) is 0 Å². The maximum absolute atomic E-state index is 11.3. The minimum absolute atomic E-state index is 0.395. The molecule has 1 aromatic rings. The Balaban J connectivity index is 1.86. The zero-order valence-corrected chi connectivity index (χ0v) is 12.3. The Morgan fingerprint density at radius 1 is 1.50 bits per heavy atom. The van der Waals surface area contributed by atoms with E-state index >= 15 is 0 Å². The van der Waals surface area contributed by atoms with E-state index in [9.17, 15) is 9.90 Å². The second-order valence-corrected chi connectivity index (χ2v) is 5.71. The maximum Gasteiger partial charge on any atom is 0.320 e. The van der Waals surface area contributed by atoms with Crippen LogP contribution in [0.3, 0.4) is 0 Å². The number of hydrogen-bond acceptors (Lipinski definition) is 3. The molecule has 1 saturated heterocycles.